The van der Waals surface area contributed by atoms with Crippen LogP contribution in [0.3, 0.4) is 0 Å². The molecule has 0 N–H and O–H groups in total. The fourth-order valence-electron chi connectivity index (χ4n) is 6.69. The van der Waals surface area contributed by atoms with Crippen LogP contribution in [-0.4, -0.2) is 61.0 Å². The summed E-state index contributed by atoms with van der Waals surface area (Å²) in [4.78, 5) is 2.51. The van der Waals surface area contributed by atoms with E-state index < -0.39 is 16.6 Å². The Hall–Kier alpha value is -2.79. The molecule has 272 valence electrons. The lowest BCUT2D eigenvalue weighted by Crippen LogP contribution is -2.45. The van der Waals surface area contributed by atoms with Gasteiger partial charge in [0.05, 0.1) is 19.3 Å². The Morgan fingerprint density at radius 1 is 0.860 bits per heavy atom. The van der Waals surface area contributed by atoms with Gasteiger partial charge in [-0.05, 0) is 109 Å². The average Bonchev–Trinajstić information content (AvgIpc) is 3.20. The predicted octanol–water partition coefficient (Wildman–Crippen LogP) is 9.11. The Labute approximate surface area is 303 Å². The molecule has 3 aliphatic heterocycles. The molecule has 1 atom stereocenters. The van der Waals surface area contributed by atoms with Gasteiger partial charge in [0.15, 0.2) is 0 Å². The van der Waals surface area contributed by atoms with Gasteiger partial charge >= 0.3 is 0 Å². The van der Waals surface area contributed by atoms with Crippen molar-refractivity contribution in [3.8, 4) is 17.2 Å². The van der Waals surface area contributed by atoms with Crippen molar-refractivity contribution >= 4 is 34.4 Å². The molecule has 2 fully saturated rings. The van der Waals surface area contributed by atoms with Gasteiger partial charge in [-0.2, -0.15) is 0 Å². The Morgan fingerprint density at radius 3 is 2.22 bits per heavy atom. The van der Waals surface area contributed by atoms with E-state index in [4.69, 9.17) is 23.1 Å². The normalized spacial score (nSPS) is 20.2. The van der Waals surface area contributed by atoms with Crippen molar-refractivity contribution < 1.29 is 23.1 Å². The average molecular weight is 716 g/mol. The van der Waals surface area contributed by atoms with Gasteiger partial charge in [-0.15, -0.1) is 0 Å². The highest BCUT2D eigenvalue weighted by Crippen LogP contribution is 2.43. The molecule has 0 saturated carbocycles. The zero-order valence-corrected chi connectivity index (χ0v) is 34.5. The number of ether oxygens (including phenoxy) is 3. The molecule has 8 heteroatoms. The monoisotopic (exact) mass is 715 g/mol. The molecule has 0 amide bonds. The summed E-state index contributed by atoms with van der Waals surface area (Å²) in [6.45, 7) is 28.3. The van der Waals surface area contributed by atoms with Gasteiger partial charge in [0, 0.05) is 35.4 Å². The second-order valence-electron chi connectivity index (χ2n) is 17.7. The van der Waals surface area contributed by atoms with Crippen LogP contribution in [0.25, 0.3) is 17.7 Å². The lowest BCUT2D eigenvalue weighted by Gasteiger charge is -2.37. The van der Waals surface area contributed by atoms with Gasteiger partial charge in [0.1, 0.15) is 29.6 Å². The maximum Gasteiger partial charge on any atom is 0.250 e. The van der Waals surface area contributed by atoms with Crippen LogP contribution in [0, 0.1) is 0 Å². The van der Waals surface area contributed by atoms with Crippen molar-refractivity contribution in [1.82, 2.24) is 4.90 Å². The minimum Gasteiger partial charge on any atom is -0.543 e. The van der Waals surface area contributed by atoms with E-state index in [0.717, 1.165) is 70.6 Å². The van der Waals surface area contributed by atoms with E-state index in [9.17, 15) is 0 Å². The molecule has 3 heterocycles. The predicted molar refractivity (Wildman–Crippen MR) is 211 cm³/mol. The second kappa shape index (κ2) is 14.3. The van der Waals surface area contributed by atoms with Crippen LogP contribution in [0.1, 0.15) is 90.9 Å². The van der Waals surface area contributed by atoms with Crippen molar-refractivity contribution in [2.45, 2.75) is 116 Å². The van der Waals surface area contributed by atoms with Crippen LogP contribution in [0.2, 0.25) is 36.3 Å². The topological polar surface area (TPSA) is 49.4 Å². The van der Waals surface area contributed by atoms with Crippen LogP contribution in [0.15, 0.2) is 47.7 Å². The number of nitrogens with zero attached hydrogens (tertiary/aromatic N) is 1. The minimum atomic E-state index is -2.18. The minimum absolute atomic E-state index is 0.0497. The van der Waals surface area contributed by atoms with E-state index in [0.29, 0.717) is 13.2 Å². The summed E-state index contributed by atoms with van der Waals surface area (Å²) in [6, 6.07) is 10.8. The molecule has 2 aromatic carbocycles. The summed E-state index contributed by atoms with van der Waals surface area (Å²) in [7, 11) is -4.34. The lowest BCUT2D eigenvalue weighted by molar-refractivity contribution is 0.0673. The summed E-state index contributed by atoms with van der Waals surface area (Å²) >= 11 is 0. The third-order valence-electron chi connectivity index (χ3n) is 11.9. The Balaban J connectivity index is 1.38. The molecule has 2 aromatic rings. The summed E-state index contributed by atoms with van der Waals surface area (Å²) in [5, 5.41) is 2.30. The van der Waals surface area contributed by atoms with E-state index in [1.165, 1.54) is 43.5 Å². The molecule has 0 bridgehead atoms. The molecule has 0 radical (unpaired) electrons. The number of piperidine rings is 1. The smallest absolute Gasteiger partial charge is 0.250 e. The van der Waals surface area contributed by atoms with E-state index in [1.54, 1.807) is 0 Å². The number of hydrogen-bond acceptors (Lipinski definition) is 6. The zero-order valence-electron chi connectivity index (χ0n) is 32.5. The number of likely N-dealkylation sites (tertiary alicyclic amines) is 1. The van der Waals surface area contributed by atoms with Crippen LogP contribution < -0.4 is 24.3 Å². The number of fused-ring (bicyclic) bond motifs is 4. The molecule has 1 aliphatic carbocycles. The number of allylic oxidation sites excluding steroid dienone is 1. The molecular formula is C42H61NO5Si2. The fourth-order valence-corrected chi connectivity index (χ4v) is 8.72. The molecule has 4 aliphatic rings. The molecule has 2 saturated heterocycles. The highest BCUT2D eigenvalue weighted by molar-refractivity contribution is 6.75. The molecule has 6 nitrogen and oxygen atoms in total. The molecule has 6 rings (SSSR count). The first-order valence-electron chi connectivity index (χ1n) is 18.9. The van der Waals surface area contributed by atoms with E-state index >= 15 is 0 Å². The first-order chi connectivity index (χ1) is 23.5. The maximum absolute atomic E-state index is 7.20. The van der Waals surface area contributed by atoms with Crippen LogP contribution in [0.4, 0.5) is 0 Å². The summed E-state index contributed by atoms with van der Waals surface area (Å²) in [6.07, 6.45) is 12.3. The highest BCUT2D eigenvalue weighted by atomic mass is 28.4. The Morgan fingerprint density at radius 2 is 1.54 bits per heavy atom. The van der Waals surface area contributed by atoms with E-state index in [2.05, 4.69) is 121 Å². The lowest BCUT2D eigenvalue weighted by atomic mass is 9.91. The van der Waals surface area contributed by atoms with Gasteiger partial charge in [-0.3, -0.25) is 4.90 Å². The van der Waals surface area contributed by atoms with Gasteiger partial charge in [0.25, 0.3) is 8.32 Å². The quantitative estimate of drug-likeness (QED) is 0.242. The largest absolute Gasteiger partial charge is 0.543 e. The second-order valence-corrected chi connectivity index (χ2v) is 27.1. The Bertz CT molecular complexity index is 1740. The van der Waals surface area contributed by atoms with Crippen molar-refractivity contribution in [2.24, 2.45) is 0 Å². The first kappa shape index (κ1) is 37.0. The summed E-state index contributed by atoms with van der Waals surface area (Å²) in [5.41, 5.74) is 4.63. The number of hydrogen-bond donors (Lipinski definition) is 0. The zero-order chi connectivity index (χ0) is 35.9. The third-order valence-corrected chi connectivity index (χ3v) is 20.6. The van der Waals surface area contributed by atoms with Crippen LogP contribution in [0.5, 0.6) is 17.2 Å². The molecule has 1 unspecified atom stereocenters. The number of benzene rings is 2. The molecule has 50 heavy (non-hydrogen) atoms. The summed E-state index contributed by atoms with van der Waals surface area (Å²) in [5.74, 6) is 3.68. The molecule has 0 spiro atoms. The fraction of sp³-hybridized carbons (Fsp3) is 0.571. The van der Waals surface area contributed by atoms with Crippen molar-refractivity contribution in [2.75, 3.05) is 39.5 Å². The van der Waals surface area contributed by atoms with E-state index in [1.807, 2.05) is 0 Å². The van der Waals surface area contributed by atoms with Gasteiger partial charge in [-0.25, -0.2) is 0 Å². The van der Waals surface area contributed by atoms with Crippen LogP contribution >= 0.6 is 0 Å². The SMILES string of the molecule is CC(C)(C)[Si](C)(C)OC1=Cc2c3c(cc(O[Si](C)(C)C(C)(C)C)c2=C2COC(c4ccc(OCCN5CCCCC5)cc4)CC2=C1)=CCCO3. The molecular weight excluding hydrogens is 655 g/mol. The maximum atomic E-state index is 7.20. The van der Waals surface area contributed by atoms with E-state index in [-0.39, 0.29) is 16.2 Å². The van der Waals surface area contributed by atoms with Gasteiger partial charge < -0.3 is 23.1 Å². The third kappa shape index (κ3) is 7.98. The number of rotatable bonds is 9. The molecule has 0 aromatic heterocycles. The Kier molecular flexibility index (Phi) is 10.6. The van der Waals surface area contributed by atoms with Gasteiger partial charge in [-0.1, -0.05) is 66.2 Å². The van der Waals surface area contributed by atoms with Crippen molar-refractivity contribution in [3.63, 3.8) is 0 Å². The van der Waals surface area contributed by atoms with Crippen molar-refractivity contribution in [1.29, 1.82) is 0 Å². The standard InChI is InChI=1S/C42H61NO5Si2/c1-41(2,3)49(7,8)47-34-25-32-27-37(30-16-18-33(19-17-30)44-24-22-43-20-12-11-13-21-43)46-29-36(32)39-35(28-34)40-31(15-14-23-45-40)26-38(39)48-50(9,10)42(4,5)6/h15-19,25-26,28,37H,11-14,20-24,27,29H2,1-10H3. The van der Waals surface area contributed by atoms with Gasteiger partial charge in [0.2, 0.25) is 8.32 Å². The first-order valence-corrected chi connectivity index (χ1v) is 24.7. The van der Waals surface area contributed by atoms with Crippen molar-refractivity contribution in [3.05, 3.63) is 69.3 Å². The van der Waals surface area contributed by atoms with Crippen LogP contribution in [-0.2, 0) is 9.16 Å². The highest BCUT2D eigenvalue weighted by Gasteiger charge is 2.41. The summed E-state index contributed by atoms with van der Waals surface area (Å²) < 4.78 is 33.7.